The third-order valence-corrected chi connectivity index (χ3v) is 12.9. The number of imidazole rings is 1. The van der Waals surface area contributed by atoms with Crippen LogP contribution < -0.4 is 5.69 Å². The molecule has 0 radical (unpaired) electrons. The summed E-state index contributed by atoms with van der Waals surface area (Å²) in [7, 11) is 0. The molecule has 4 unspecified atom stereocenters. The molecule has 8 rings (SSSR count). The SMILES string of the molecule is CC1=CCCC2(C)C(CCC2(O)CN2CCC(n3c(=O)[nH]c4ccccc43)CC2)c2ccc(cc2C(=O)c2ccc(C)s2)CC(O)CC1. The summed E-state index contributed by atoms with van der Waals surface area (Å²) in [5.41, 5.74) is 4.39. The van der Waals surface area contributed by atoms with Crippen molar-refractivity contribution in [2.45, 2.75) is 102 Å². The number of aromatic nitrogens is 2. The van der Waals surface area contributed by atoms with Crippen LogP contribution in [0.5, 0.6) is 0 Å². The molecule has 2 aromatic heterocycles. The van der Waals surface area contributed by atoms with E-state index in [-0.39, 0.29) is 23.4 Å². The van der Waals surface area contributed by atoms with Gasteiger partial charge in [-0.25, -0.2) is 4.79 Å². The van der Waals surface area contributed by atoms with Gasteiger partial charge in [-0.2, -0.15) is 0 Å². The standard InChI is InChI=1S/C40H49N3O4S/c1-26-7-6-19-39(3)33(31-14-12-28(23-30(44)13-10-26)24-32(31)37(45)36-15-11-27(2)48-36)16-20-40(39,47)25-42-21-17-29(18-22-42)43-35-9-5-4-8-34(35)41-38(43)46/h4-5,7-9,11-12,14-15,24,29-30,33,44,47H,6,10,13,16-23,25H2,1-3H3,(H,41,46). The number of H-pyrrole nitrogens is 1. The largest absolute Gasteiger partial charge is 0.393 e. The number of piperidine rings is 1. The molecule has 3 N–H and O–H groups in total. The fourth-order valence-corrected chi connectivity index (χ4v) is 9.85. The second-order valence-corrected chi connectivity index (χ2v) is 16.3. The number of carbonyl (C=O) groups is 1. The molecule has 1 aliphatic heterocycles. The lowest BCUT2D eigenvalue weighted by Gasteiger charge is -2.47. The first kappa shape index (κ1) is 33.2. The third-order valence-electron chi connectivity index (χ3n) is 11.9. The highest BCUT2D eigenvalue weighted by molar-refractivity contribution is 7.14. The maximum Gasteiger partial charge on any atom is 0.326 e. The number of hydrogen-bond acceptors (Lipinski definition) is 6. The molecule has 254 valence electrons. The highest BCUT2D eigenvalue weighted by atomic mass is 32.1. The minimum atomic E-state index is -0.935. The Hall–Kier alpha value is -3.30. The Labute approximate surface area is 287 Å². The number of β-amino-alcohol motifs (C(OH)–C–C–N with tert-alkyl or cyclic N) is 1. The van der Waals surface area contributed by atoms with Gasteiger partial charge in [0.05, 0.1) is 27.6 Å². The molecular formula is C40H49N3O4S. The van der Waals surface area contributed by atoms with Crippen LogP contribution in [0.4, 0.5) is 0 Å². The van der Waals surface area contributed by atoms with Gasteiger partial charge in [0.25, 0.3) is 0 Å². The molecule has 0 spiro atoms. The lowest BCUT2D eigenvalue weighted by atomic mass is 9.64. The van der Waals surface area contributed by atoms with Crippen LogP contribution in [0.2, 0.25) is 0 Å². The Morgan fingerprint density at radius 2 is 1.81 bits per heavy atom. The molecule has 4 atom stereocenters. The van der Waals surface area contributed by atoms with Crippen molar-refractivity contribution in [3.05, 3.63) is 103 Å². The number of para-hydroxylation sites is 2. The number of carbonyl (C=O) groups excluding carboxylic acids is 1. The summed E-state index contributed by atoms with van der Waals surface area (Å²) in [4.78, 5) is 34.4. The average molecular weight is 668 g/mol. The summed E-state index contributed by atoms with van der Waals surface area (Å²) in [5, 5.41) is 23.7. The molecule has 3 heterocycles. The van der Waals surface area contributed by atoms with Crippen molar-refractivity contribution >= 4 is 28.2 Å². The van der Waals surface area contributed by atoms with E-state index in [1.165, 1.54) is 16.9 Å². The van der Waals surface area contributed by atoms with Gasteiger partial charge in [0.2, 0.25) is 5.78 Å². The van der Waals surface area contributed by atoms with Crippen LogP contribution in [0.1, 0.15) is 108 Å². The lowest BCUT2D eigenvalue weighted by Crippen LogP contribution is -2.54. The van der Waals surface area contributed by atoms with E-state index in [0.29, 0.717) is 25.8 Å². The number of aryl methyl sites for hydroxylation is 1. The van der Waals surface area contributed by atoms with E-state index in [1.54, 1.807) is 0 Å². The van der Waals surface area contributed by atoms with Crippen LogP contribution in [-0.2, 0) is 6.42 Å². The van der Waals surface area contributed by atoms with E-state index in [2.05, 4.69) is 41.9 Å². The van der Waals surface area contributed by atoms with Gasteiger partial charge in [-0.1, -0.05) is 42.8 Å². The topological polar surface area (TPSA) is 98.6 Å². The molecule has 1 saturated carbocycles. The molecule has 3 aliphatic carbocycles. The van der Waals surface area contributed by atoms with Gasteiger partial charge in [-0.3, -0.25) is 9.36 Å². The zero-order chi connectivity index (χ0) is 33.6. The Morgan fingerprint density at radius 1 is 1.02 bits per heavy atom. The van der Waals surface area contributed by atoms with Gasteiger partial charge in [-0.15, -0.1) is 11.3 Å². The molecule has 48 heavy (non-hydrogen) atoms. The normalized spacial score (nSPS) is 27.6. The predicted octanol–water partition coefficient (Wildman–Crippen LogP) is 7.31. The number of rotatable bonds is 5. The first-order chi connectivity index (χ1) is 23.0. The van der Waals surface area contributed by atoms with Crippen molar-refractivity contribution in [3.63, 3.8) is 0 Å². The zero-order valence-electron chi connectivity index (χ0n) is 28.5. The van der Waals surface area contributed by atoms with Crippen LogP contribution in [0.25, 0.3) is 11.0 Å². The number of allylic oxidation sites excluding steroid dienone is 2. The van der Waals surface area contributed by atoms with E-state index in [1.807, 2.05) is 54.0 Å². The first-order valence-electron chi connectivity index (χ1n) is 17.8. The number of fused-ring (bicyclic) bond motifs is 9. The van der Waals surface area contributed by atoms with Crippen LogP contribution in [0.3, 0.4) is 0 Å². The number of nitrogens with zero attached hydrogens (tertiary/aromatic N) is 2. The van der Waals surface area contributed by atoms with Gasteiger partial charge >= 0.3 is 5.69 Å². The number of aliphatic hydroxyl groups is 2. The molecule has 4 aliphatic rings. The van der Waals surface area contributed by atoms with Gasteiger partial charge in [0.15, 0.2) is 0 Å². The molecular weight excluding hydrogens is 619 g/mol. The first-order valence-corrected chi connectivity index (χ1v) is 18.6. The fourth-order valence-electron chi connectivity index (χ4n) is 9.03. The van der Waals surface area contributed by atoms with Crippen LogP contribution >= 0.6 is 11.3 Å². The summed E-state index contributed by atoms with van der Waals surface area (Å²) in [6, 6.07) is 18.2. The number of hydrogen-bond donors (Lipinski definition) is 3. The van der Waals surface area contributed by atoms with Crippen molar-refractivity contribution < 1.29 is 15.0 Å². The maximum absolute atomic E-state index is 14.2. The Balaban J connectivity index is 1.19. The van der Waals surface area contributed by atoms with E-state index in [4.69, 9.17) is 0 Å². The monoisotopic (exact) mass is 667 g/mol. The predicted molar refractivity (Wildman–Crippen MR) is 193 cm³/mol. The van der Waals surface area contributed by atoms with Gasteiger partial charge in [0.1, 0.15) is 0 Å². The van der Waals surface area contributed by atoms with E-state index >= 15 is 0 Å². The van der Waals surface area contributed by atoms with Gasteiger partial charge in [-0.05, 0) is 119 Å². The number of nitrogens with one attached hydrogen (secondary N) is 1. The van der Waals surface area contributed by atoms with Gasteiger partial charge in [0, 0.05) is 41.5 Å². The Morgan fingerprint density at radius 3 is 2.58 bits per heavy atom. The number of benzene rings is 2. The van der Waals surface area contributed by atoms with E-state index in [0.717, 1.165) is 89.1 Å². The van der Waals surface area contributed by atoms with Gasteiger partial charge < -0.3 is 20.1 Å². The highest BCUT2D eigenvalue weighted by Gasteiger charge is 2.57. The Bertz CT molecular complexity index is 1900. The molecule has 1 saturated heterocycles. The number of thiophene rings is 1. The second-order valence-electron chi connectivity index (χ2n) is 15.0. The van der Waals surface area contributed by atoms with Crippen LogP contribution in [0.15, 0.2) is 71.0 Å². The number of aromatic amines is 1. The number of ketones is 1. The molecule has 7 nitrogen and oxygen atoms in total. The highest BCUT2D eigenvalue weighted by Crippen LogP contribution is 2.59. The molecule has 2 aromatic carbocycles. The quantitative estimate of drug-likeness (QED) is 0.153. The van der Waals surface area contributed by atoms with Crippen molar-refractivity contribution in [2.75, 3.05) is 19.6 Å². The summed E-state index contributed by atoms with van der Waals surface area (Å²) in [5.74, 6) is 0.0510. The smallest absolute Gasteiger partial charge is 0.326 e. The summed E-state index contributed by atoms with van der Waals surface area (Å²) >= 11 is 1.53. The number of likely N-dealkylation sites (tertiary alicyclic amines) is 1. The molecule has 8 heteroatoms. The summed E-state index contributed by atoms with van der Waals surface area (Å²) in [6.07, 6.45) is 8.70. The van der Waals surface area contributed by atoms with Crippen molar-refractivity contribution in [3.8, 4) is 0 Å². The summed E-state index contributed by atoms with van der Waals surface area (Å²) < 4.78 is 1.93. The lowest BCUT2D eigenvalue weighted by molar-refractivity contribution is -0.0870. The third kappa shape index (κ3) is 6.17. The summed E-state index contributed by atoms with van der Waals surface area (Å²) in [6.45, 7) is 8.65. The minimum Gasteiger partial charge on any atom is -0.393 e. The minimum absolute atomic E-state index is 0.0143. The van der Waals surface area contributed by atoms with E-state index < -0.39 is 17.1 Å². The zero-order valence-corrected chi connectivity index (χ0v) is 29.3. The molecule has 2 bridgehead atoms. The fraction of sp³-hybridized carbons (Fsp3) is 0.500. The van der Waals surface area contributed by atoms with Crippen molar-refractivity contribution in [1.29, 1.82) is 0 Å². The van der Waals surface area contributed by atoms with Crippen LogP contribution in [0, 0.1) is 12.3 Å². The van der Waals surface area contributed by atoms with Crippen molar-refractivity contribution in [1.82, 2.24) is 14.5 Å². The van der Waals surface area contributed by atoms with Crippen LogP contribution in [-0.4, -0.2) is 61.8 Å². The molecule has 0 amide bonds. The Kier molecular flexibility index (Phi) is 9.13. The van der Waals surface area contributed by atoms with E-state index in [9.17, 15) is 19.8 Å². The molecule has 4 aromatic rings. The number of aliphatic hydroxyl groups excluding tert-OH is 1. The van der Waals surface area contributed by atoms with Crippen molar-refractivity contribution in [2.24, 2.45) is 5.41 Å². The average Bonchev–Trinajstić information content (AvgIpc) is 3.72. The maximum atomic E-state index is 14.2. The molecule has 2 fully saturated rings. The second kappa shape index (κ2) is 13.2.